The Kier molecular flexibility index (Phi) is 4.57. The highest BCUT2D eigenvalue weighted by atomic mass is 19.1. The van der Waals surface area contributed by atoms with Gasteiger partial charge in [0.2, 0.25) is 5.95 Å². The Morgan fingerprint density at radius 2 is 1.76 bits per heavy atom. The van der Waals surface area contributed by atoms with Gasteiger partial charge in [-0.1, -0.05) is 6.07 Å². The zero-order chi connectivity index (χ0) is 20.7. The topological polar surface area (TPSA) is 81.6 Å². The van der Waals surface area contributed by atoms with Crippen molar-refractivity contribution in [2.45, 2.75) is 19.9 Å². The van der Waals surface area contributed by atoms with Gasteiger partial charge in [0.25, 0.3) is 0 Å². The molecule has 4 aromatic rings. The average molecular weight is 398 g/mol. The van der Waals surface area contributed by atoms with E-state index in [4.69, 9.17) is 5.73 Å². The van der Waals surface area contributed by atoms with Crippen LogP contribution >= 0.6 is 0 Å². The van der Waals surface area contributed by atoms with Gasteiger partial charge in [-0.2, -0.15) is 4.98 Å². The van der Waals surface area contributed by atoms with E-state index in [0.29, 0.717) is 5.69 Å². The molecule has 0 amide bonds. The molecule has 4 rings (SSSR count). The standard InChI is InChI=1S/C20H17F3N6/c1-10(2)25-20-26-17(14-7-6-12(22)9-15(14)23)16-18(24)29(28-19(16)27-20)13-5-3-4-11(21)8-13/h3-10H,24H2,1-2H3,(H,25,27,28). The van der Waals surface area contributed by atoms with Gasteiger partial charge in [-0.05, 0) is 44.2 Å². The Labute approximate surface area is 164 Å². The first-order valence-corrected chi connectivity index (χ1v) is 8.87. The molecule has 2 heterocycles. The largest absolute Gasteiger partial charge is 0.383 e. The molecule has 148 valence electrons. The summed E-state index contributed by atoms with van der Waals surface area (Å²) in [5.74, 6) is -1.63. The minimum atomic E-state index is -0.793. The normalized spacial score (nSPS) is 11.4. The lowest BCUT2D eigenvalue weighted by Crippen LogP contribution is -2.13. The number of nitrogens with two attached hydrogens (primary N) is 1. The molecule has 0 fully saturated rings. The molecule has 0 aliphatic carbocycles. The maximum absolute atomic E-state index is 14.5. The molecule has 0 aliphatic rings. The molecule has 6 nitrogen and oxygen atoms in total. The van der Waals surface area contributed by atoms with E-state index in [-0.39, 0.29) is 40.1 Å². The summed E-state index contributed by atoms with van der Waals surface area (Å²) in [6.45, 7) is 3.79. The number of nitrogen functional groups attached to an aromatic ring is 1. The van der Waals surface area contributed by atoms with Crippen molar-refractivity contribution in [3.63, 3.8) is 0 Å². The number of fused-ring (bicyclic) bond motifs is 1. The van der Waals surface area contributed by atoms with Gasteiger partial charge < -0.3 is 11.1 Å². The van der Waals surface area contributed by atoms with Crippen LogP contribution in [0.25, 0.3) is 28.0 Å². The van der Waals surface area contributed by atoms with E-state index in [1.165, 1.54) is 28.9 Å². The summed E-state index contributed by atoms with van der Waals surface area (Å²) in [6, 6.07) is 8.90. The maximum atomic E-state index is 14.5. The third-order valence-electron chi connectivity index (χ3n) is 4.23. The molecule has 9 heteroatoms. The molecule has 0 aliphatic heterocycles. The van der Waals surface area contributed by atoms with Gasteiger partial charge in [0.1, 0.15) is 23.3 Å². The monoisotopic (exact) mass is 398 g/mol. The van der Waals surface area contributed by atoms with Gasteiger partial charge in [-0.3, -0.25) is 0 Å². The van der Waals surface area contributed by atoms with Gasteiger partial charge in [0.05, 0.1) is 16.8 Å². The number of nitrogens with one attached hydrogen (secondary N) is 1. The lowest BCUT2D eigenvalue weighted by molar-refractivity contribution is 0.585. The summed E-state index contributed by atoms with van der Waals surface area (Å²) >= 11 is 0. The molecular weight excluding hydrogens is 381 g/mol. The second-order valence-electron chi connectivity index (χ2n) is 6.79. The molecule has 0 unspecified atom stereocenters. The van der Waals surface area contributed by atoms with Crippen molar-refractivity contribution in [3.05, 3.63) is 59.9 Å². The minimum absolute atomic E-state index is 0.000941. The molecular formula is C20H17F3N6. The minimum Gasteiger partial charge on any atom is -0.383 e. The van der Waals surface area contributed by atoms with Crippen LogP contribution in [0.3, 0.4) is 0 Å². The highest BCUT2D eigenvalue weighted by Gasteiger charge is 2.21. The van der Waals surface area contributed by atoms with Crippen molar-refractivity contribution in [3.8, 4) is 16.9 Å². The molecule has 0 bridgehead atoms. The van der Waals surface area contributed by atoms with Gasteiger partial charge in [0.15, 0.2) is 5.65 Å². The van der Waals surface area contributed by atoms with E-state index in [1.54, 1.807) is 6.07 Å². The van der Waals surface area contributed by atoms with E-state index in [9.17, 15) is 13.2 Å². The Hall–Kier alpha value is -3.62. The van der Waals surface area contributed by atoms with Crippen molar-refractivity contribution in [2.75, 3.05) is 11.1 Å². The van der Waals surface area contributed by atoms with Crippen LogP contribution in [0.2, 0.25) is 0 Å². The van der Waals surface area contributed by atoms with E-state index in [1.807, 2.05) is 13.8 Å². The van der Waals surface area contributed by atoms with E-state index in [0.717, 1.165) is 12.1 Å². The van der Waals surface area contributed by atoms with Gasteiger partial charge >= 0.3 is 0 Å². The van der Waals surface area contributed by atoms with Crippen LogP contribution in [0.5, 0.6) is 0 Å². The number of benzene rings is 2. The summed E-state index contributed by atoms with van der Waals surface area (Å²) < 4.78 is 42.9. The van der Waals surface area contributed by atoms with Crippen LogP contribution < -0.4 is 11.1 Å². The van der Waals surface area contributed by atoms with Crippen molar-refractivity contribution in [1.82, 2.24) is 19.7 Å². The molecule has 0 saturated carbocycles. The highest BCUT2D eigenvalue weighted by molar-refractivity contribution is 5.99. The first kappa shape index (κ1) is 18.7. The van der Waals surface area contributed by atoms with Crippen LogP contribution in [0.1, 0.15) is 13.8 Å². The number of hydrogen-bond acceptors (Lipinski definition) is 5. The molecule has 2 aromatic carbocycles. The van der Waals surface area contributed by atoms with Crippen molar-refractivity contribution in [2.24, 2.45) is 0 Å². The molecule has 3 N–H and O–H groups in total. The highest BCUT2D eigenvalue weighted by Crippen LogP contribution is 2.34. The van der Waals surface area contributed by atoms with Crippen LogP contribution in [-0.2, 0) is 0 Å². The number of hydrogen-bond donors (Lipinski definition) is 2. The summed E-state index contributed by atoms with van der Waals surface area (Å²) in [4.78, 5) is 8.75. The Balaban J connectivity index is 2.02. The second-order valence-corrected chi connectivity index (χ2v) is 6.79. The molecule has 0 radical (unpaired) electrons. The van der Waals surface area contributed by atoms with E-state index < -0.39 is 17.5 Å². The molecule has 29 heavy (non-hydrogen) atoms. The Bertz CT molecular complexity index is 1220. The van der Waals surface area contributed by atoms with Crippen LogP contribution in [0.4, 0.5) is 24.9 Å². The third kappa shape index (κ3) is 3.46. The van der Waals surface area contributed by atoms with E-state index in [2.05, 4.69) is 20.4 Å². The number of nitrogens with zero attached hydrogens (tertiary/aromatic N) is 4. The van der Waals surface area contributed by atoms with Crippen LogP contribution in [0.15, 0.2) is 42.5 Å². The van der Waals surface area contributed by atoms with Crippen LogP contribution in [-0.4, -0.2) is 25.8 Å². The summed E-state index contributed by atoms with van der Waals surface area (Å²) in [6.07, 6.45) is 0. The predicted octanol–water partition coefficient (Wildman–Crippen LogP) is 4.30. The van der Waals surface area contributed by atoms with Gasteiger partial charge in [-0.15, -0.1) is 5.10 Å². The first-order valence-electron chi connectivity index (χ1n) is 8.87. The molecule has 2 aromatic heterocycles. The zero-order valence-corrected chi connectivity index (χ0v) is 15.6. The fourth-order valence-corrected chi connectivity index (χ4v) is 3.02. The number of halogens is 3. The fraction of sp³-hybridized carbons (Fsp3) is 0.150. The lowest BCUT2D eigenvalue weighted by Gasteiger charge is -2.11. The smallest absolute Gasteiger partial charge is 0.225 e. The SMILES string of the molecule is CC(C)Nc1nc(-c2ccc(F)cc2F)c2c(N)n(-c3cccc(F)c3)nc2n1. The number of rotatable bonds is 4. The molecule has 0 atom stereocenters. The number of aromatic nitrogens is 4. The van der Waals surface area contributed by atoms with Crippen LogP contribution in [0, 0.1) is 17.5 Å². The molecule has 0 saturated heterocycles. The van der Waals surface area contributed by atoms with Crippen molar-refractivity contribution < 1.29 is 13.2 Å². The van der Waals surface area contributed by atoms with Gasteiger partial charge in [-0.25, -0.2) is 22.8 Å². The molecule has 0 spiro atoms. The summed E-state index contributed by atoms with van der Waals surface area (Å²) in [7, 11) is 0. The van der Waals surface area contributed by atoms with Crippen molar-refractivity contribution >= 4 is 22.8 Å². The second kappa shape index (κ2) is 7.08. The fourth-order valence-electron chi connectivity index (χ4n) is 3.02. The zero-order valence-electron chi connectivity index (χ0n) is 15.6. The Morgan fingerprint density at radius 1 is 1.00 bits per heavy atom. The van der Waals surface area contributed by atoms with E-state index >= 15 is 0 Å². The average Bonchev–Trinajstić information content (AvgIpc) is 2.97. The Morgan fingerprint density at radius 3 is 2.45 bits per heavy atom. The summed E-state index contributed by atoms with van der Waals surface area (Å²) in [5, 5.41) is 7.70. The number of anilines is 2. The van der Waals surface area contributed by atoms with Crippen molar-refractivity contribution in [1.29, 1.82) is 0 Å². The summed E-state index contributed by atoms with van der Waals surface area (Å²) in [5.41, 5.74) is 7.06. The first-order chi connectivity index (χ1) is 13.8. The third-order valence-corrected chi connectivity index (χ3v) is 4.23. The quantitative estimate of drug-likeness (QED) is 0.536. The lowest BCUT2D eigenvalue weighted by atomic mass is 10.1. The predicted molar refractivity (Wildman–Crippen MR) is 105 cm³/mol. The van der Waals surface area contributed by atoms with Gasteiger partial charge in [0, 0.05) is 17.7 Å². The maximum Gasteiger partial charge on any atom is 0.225 e.